The fourth-order valence-corrected chi connectivity index (χ4v) is 6.64. The van der Waals surface area contributed by atoms with Crippen LogP contribution in [-0.2, 0) is 16.2 Å². The van der Waals surface area contributed by atoms with Crippen LogP contribution in [0.2, 0.25) is 0 Å². The topological polar surface area (TPSA) is 68.2 Å². The average molecular weight is 479 g/mol. The lowest BCUT2D eigenvalue weighted by molar-refractivity contribution is -0.140. The Kier molecular flexibility index (Phi) is 4.78. The van der Waals surface area contributed by atoms with Crippen molar-refractivity contribution in [2.45, 2.75) is 13.0 Å². The van der Waals surface area contributed by atoms with Crippen LogP contribution in [-0.4, -0.2) is 30.1 Å². The Hall–Kier alpha value is -3.93. The van der Waals surface area contributed by atoms with E-state index in [9.17, 15) is 9.59 Å². The van der Waals surface area contributed by atoms with Gasteiger partial charge < -0.3 is 9.47 Å². The minimum Gasteiger partial charge on any atom is -0.493 e. The molecule has 6 heteroatoms. The fourth-order valence-electron chi connectivity index (χ4n) is 6.64. The number of ether oxygens (including phenoxy) is 2. The summed E-state index contributed by atoms with van der Waals surface area (Å²) in [6.07, 6.45) is 7.04. The lowest BCUT2D eigenvalue weighted by atomic mass is 9.63. The molecular formula is C30H26N2O4. The zero-order valence-corrected chi connectivity index (χ0v) is 19.9. The second-order valence-corrected chi connectivity index (χ2v) is 10.2. The summed E-state index contributed by atoms with van der Waals surface area (Å²) < 4.78 is 11.7. The molecular weight excluding hydrogens is 452 g/mol. The highest BCUT2D eigenvalue weighted by Gasteiger charge is 2.67. The zero-order chi connectivity index (χ0) is 24.4. The van der Waals surface area contributed by atoms with Gasteiger partial charge in [-0.15, -0.1) is 0 Å². The predicted octanol–water partition coefficient (Wildman–Crippen LogP) is 4.81. The van der Waals surface area contributed by atoms with Crippen molar-refractivity contribution < 1.29 is 19.1 Å². The van der Waals surface area contributed by atoms with E-state index >= 15 is 0 Å². The van der Waals surface area contributed by atoms with Gasteiger partial charge in [0.25, 0.3) is 11.8 Å². The lowest BCUT2D eigenvalue weighted by Gasteiger charge is -2.37. The molecule has 1 aliphatic heterocycles. The predicted molar refractivity (Wildman–Crippen MR) is 135 cm³/mol. The van der Waals surface area contributed by atoms with E-state index in [0.29, 0.717) is 29.9 Å². The third kappa shape index (κ3) is 3.20. The normalized spacial score (nSPS) is 29.6. The summed E-state index contributed by atoms with van der Waals surface area (Å²) in [6.45, 7) is 0.406. The van der Waals surface area contributed by atoms with Crippen molar-refractivity contribution in [1.29, 1.82) is 0 Å². The van der Waals surface area contributed by atoms with E-state index in [2.05, 4.69) is 41.5 Å². The van der Waals surface area contributed by atoms with Gasteiger partial charge in [0.15, 0.2) is 11.5 Å². The Labute approximate surface area is 209 Å². The van der Waals surface area contributed by atoms with Gasteiger partial charge in [0.2, 0.25) is 0 Å². The minimum absolute atomic E-state index is 0.159. The second-order valence-electron chi connectivity index (χ2n) is 10.2. The number of carbonyl (C=O) groups is 2. The summed E-state index contributed by atoms with van der Waals surface area (Å²) in [4.78, 5) is 26.3. The van der Waals surface area contributed by atoms with Crippen LogP contribution in [0.25, 0.3) is 10.8 Å². The molecule has 6 atom stereocenters. The van der Waals surface area contributed by atoms with E-state index in [1.165, 1.54) is 5.39 Å². The van der Waals surface area contributed by atoms with Crippen molar-refractivity contribution in [2.75, 3.05) is 7.11 Å². The number of methoxy groups -OCH3 is 1. The van der Waals surface area contributed by atoms with Gasteiger partial charge in [0.1, 0.15) is 6.61 Å². The van der Waals surface area contributed by atoms with Crippen LogP contribution in [0, 0.1) is 35.5 Å². The first kappa shape index (κ1) is 21.4. The van der Waals surface area contributed by atoms with Crippen LogP contribution < -0.4 is 9.47 Å². The maximum absolute atomic E-state index is 13.1. The third-order valence-electron chi connectivity index (χ3n) is 8.41. The first-order valence-corrected chi connectivity index (χ1v) is 12.5. The molecule has 3 aromatic rings. The first-order chi connectivity index (χ1) is 17.6. The van der Waals surface area contributed by atoms with Gasteiger partial charge >= 0.3 is 0 Å². The molecule has 5 aliphatic rings. The van der Waals surface area contributed by atoms with Crippen LogP contribution in [0.4, 0.5) is 0 Å². The quantitative estimate of drug-likeness (QED) is 0.290. The number of hydrogen-bond donors (Lipinski definition) is 0. The number of imide groups is 1. The number of carbonyl (C=O) groups excluding carboxylic acids is 2. The van der Waals surface area contributed by atoms with Crippen LogP contribution in [0.3, 0.4) is 0 Å². The molecule has 0 unspecified atom stereocenters. The molecule has 0 aromatic heterocycles. The highest BCUT2D eigenvalue weighted by atomic mass is 16.5. The molecule has 1 heterocycles. The molecule has 4 aliphatic carbocycles. The maximum Gasteiger partial charge on any atom is 0.254 e. The Bertz CT molecular complexity index is 1420. The molecule has 2 saturated carbocycles. The van der Waals surface area contributed by atoms with E-state index < -0.39 is 0 Å². The number of fused-ring (bicyclic) bond motifs is 1. The highest BCUT2D eigenvalue weighted by Crippen LogP contribution is 2.65. The van der Waals surface area contributed by atoms with Gasteiger partial charge in [0, 0.05) is 0 Å². The van der Waals surface area contributed by atoms with E-state index in [4.69, 9.17) is 9.47 Å². The smallest absolute Gasteiger partial charge is 0.254 e. The molecule has 3 fully saturated rings. The zero-order valence-electron chi connectivity index (χ0n) is 19.9. The van der Waals surface area contributed by atoms with Crippen LogP contribution >= 0.6 is 0 Å². The van der Waals surface area contributed by atoms with Gasteiger partial charge in [-0.25, -0.2) is 0 Å². The van der Waals surface area contributed by atoms with Crippen molar-refractivity contribution in [3.63, 3.8) is 0 Å². The van der Waals surface area contributed by atoms with Gasteiger partial charge in [0.05, 0.1) is 25.2 Å². The standard InChI is InChI=1S/C30H26N2O4/c1-35-26-13-17(9-12-25(26)36-16-19-7-4-6-18-5-2-3-8-20(18)19)15-31-32-29(33)27-21-10-11-22(24-14-23(21)24)28(27)30(32)34/h2-13,15,21-24,27-28H,14,16H2,1H3/t21-,22-,23-,24-,27-,28+/m0/s1. The SMILES string of the molecule is COc1cc(C=NN2C(=O)[C@@H]3[C@H]4C=C[C@@H]([C@@H]5C[C@@H]45)[C@@H]3C2=O)ccc1OCc1cccc2ccccc12. The number of hydrogen-bond acceptors (Lipinski definition) is 5. The first-order valence-electron chi connectivity index (χ1n) is 12.5. The van der Waals surface area contributed by atoms with E-state index in [-0.39, 0.29) is 35.5 Å². The monoisotopic (exact) mass is 478 g/mol. The van der Waals surface area contributed by atoms with Gasteiger partial charge in [-0.2, -0.15) is 10.1 Å². The van der Waals surface area contributed by atoms with Crippen LogP contribution in [0.5, 0.6) is 11.5 Å². The summed E-state index contributed by atoms with van der Waals surface area (Å²) >= 11 is 0. The van der Waals surface area contributed by atoms with Crippen molar-refractivity contribution in [3.05, 3.63) is 83.9 Å². The van der Waals surface area contributed by atoms with Gasteiger partial charge in [-0.05, 0) is 70.2 Å². The number of allylic oxidation sites excluding steroid dienone is 2. The molecule has 0 radical (unpaired) electrons. The van der Waals surface area contributed by atoms with Gasteiger partial charge in [-0.1, -0.05) is 54.6 Å². The minimum atomic E-state index is -0.243. The molecule has 1 saturated heterocycles. The lowest BCUT2D eigenvalue weighted by Crippen LogP contribution is -2.40. The molecule has 0 N–H and O–H groups in total. The second kappa shape index (κ2) is 8.05. The maximum atomic E-state index is 13.1. The number of amides is 2. The third-order valence-corrected chi connectivity index (χ3v) is 8.41. The molecule has 0 spiro atoms. The van der Waals surface area contributed by atoms with Crippen molar-refractivity contribution in [2.24, 2.45) is 40.6 Å². The molecule has 6 nitrogen and oxygen atoms in total. The summed E-state index contributed by atoms with van der Waals surface area (Å²) in [5, 5.41) is 7.76. The average Bonchev–Trinajstić information content (AvgIpc) is 3.70. The van der Waals surface area contributed by atoms with Crippen LogP contribution in [0.1, 0.15) is 17.5 Å². The van der Waals surface area contributed by atoms with Crippen molar-refractivity contribution >= 4 is 28.8 Å². The number of hydrazone groups is 1. The Morgan fingerprint density at radius 1 is 0.917 bits per heavy atom. The molecule has 8 rings (SSSR count). The summed E-state index contributed by atoms with van der Waals surface area (Å²) in [5.41, 5.74) is 1.82. The Morgan fingerprint density at radius 3 is 2.39 bits per heavy atom. The summed E-state index contributed by atoms with van der Waals surface area (Å²) in [6, 6.07) is 19.9. The van der Waals surface area contributed by atoms with Crippen molar-refractivity contribution in [3.8, 4) is 11.5 Å². The van der Waals surface area contributed by atoms with E-state index in [0.717, 1.165) is 27.9 Å². The molecule has 36 heavy (non-hydrogen) atoms. The molecule has 2 amide bonds. The van der Waals surface area contributed by atoms with Crippen LogP contribution in [0.15, 0.2) is 77.9 Å². The molecule has 180 valence electrons. The summed E-state index contributed by atoms with van der Waals surface area (Å²) in [7, 11) is 1.59. The highest BCUT2D eigenvalue weighted by molar-refractivity contribution is 6.06. The molecule has 3 aromatic carbocycles. The Morgan fingerprint density at radius 2 is 1.64 bits per heavy atom. The summed E-state index contributed by atoms with van der Waals surface area (Å²) in [5.74, 6) is 1.92. The van der Waals surface area contributed by atoms with Crippen molar-refractivity contribution in [1.82, 2.24) is 5.01 Å². The fraction of sp³-hybridized carbons (Fsp3) is 0.300. The van der Waals surface area contributed by atoms with E-state index in [1.54, 1.807) is 19.4 Å². The molecule has 2 bridgehead atoms. The van der Waals surface area contributed by atoms with E-state index in [1.807, 2.05) is 30.3 Å². The number of rotatable bonds is 6. The number of benzene rings is 3. The van der Waals surface area contributed by atoms with Gasteiger partial charge in [-0.3, -0.25) is 9.59 Å². The largest absolute Gasteiger partial charge is 0.493 e. The number of nitrogens with zero attached hydrogens (tertiary/aromatic N) is 2. The Balaban J connectivity index is 1.08.